The van der Waals surface area contributed by atoms with Crippen LogP contribution in [0.25, 0.3) is 11.0 Å². The molecule has 0 aliphatic carbocycles. The Labute approximate surface area is 88.7 Å². The highest BCUT2D eigenvalue weighted by atomic mass is 19.1. The molecule has 0 bridgehead atoms. The van der Waals surface area contributed by atoms with Gasteiger partial charge >= 0.3 is 0 Å². The zero-order valence-electron chi connectivity index (χ0n) is 9.50. The zero-order chi connectivity index (χ0) is 11.2. The number of nitrogens with zero attached hydrogens (tertiary/aromatic N) is 2. The second-order valence-corrected chi connectivity index (χ2v) is 4.93. The van der Waals surface area contributed by atoms with Crippen molar-refractivity contribution in [2.45, 2.75) is 26.2 Å². The first kappa shape index (κ1) is 10.1. The summed E-state index contributed by atoms with van der Waals surface area (Å²) >= 11 is 0. The van der Waals surface area contributed by atoms with Gasteiger partial charge in [0.2, 0.25) is 0 Å². The molecular weight excluding hydrogens is 191 g/mol. The lowest BCUT2D eigenvalue weighted by atomic mass is 9.88. The molecule has 0 aliphatic heterocycles. The SMILES string of the molecule is Cn1cc(F)c2ncc(C(C)(C)C)cc21. The fraction of sp³-hybridized carbons (Fsp3) is 0.417. The van der Waals surface area contributed by atoms with E-state index in [9.17, 15) is 4.39 Å². The minimum Gasteiger partial charge on any atom is -0.346 e. The molecular formula is C12H15FN2. The van der Waals surface area contributed by atoms with Crippen molar-refractivity contribution in [3.8, 4) is 0 Å². The van der Waals surface area contributed by atoms with E-state index in [0.717, 1.165) is 11.1 Å². The van der Waals surface area contributed by atoms with Crippen LogP contribution in [0, 0.1) is 5.82 Å². The maximum atomic E-state index is 13.4. The van der Waals surface area contributed by atoms with Gasteiger partial charge in [0.1, 0.15) is 5.52 Å². The van der Waals surface area contributed by atoms with E-state index < -0.39 is 0 Å². The van der Waals surface area contributed by atoms with Gasteiger partial charge in [0, 0.05) is 19.4 Å². The lowest BCUT2D eigenvalue weighted by molar-refractivity contribution is 0.588. The fourth-order valence-corrected chi connectivity index (χ4v) is 1.62. The van der Waals surface area contributed by atoms with Gasteiger partial charge in [-0.3, -0.25) is 4.98 Å². The summed E-state index contributed by atoms with van der Waals surface area (Å²) in [5, 5.41) is 0. The number of aromatic nitrogens is 2. The summed E-state index contributed by atoms with van der Waals surface area (Å²) < 4.78 is 15.1. The third kappa shape index (κ3) is 1.62. The summed E-state index contributed by atoms with van der Waals surface area (Å²) in [4.78, 5) is 4.17. The Morgan fingerprint density at radius 3 is 2.60 bits per heavy atom. The normalized spacial score (nSPS) is 12.3. The minimum atomic E-state index is -0.257. The molecule has 0 saturated carbocycles. The number of hydrogen-bond acceptors (Lipinski definition) is 1. The molecule has 0 unspecified atom stereocenters. The first-order valence-corrected chi connectivity index (χ1v) is 5.00. The monoisotopic (exact) mass is 206 g/mol. The predicted octanol–water partition coefficient (Wildman–Crippen LogP) is 3.01. The first-order valence-electron chi connectivity index (χ1n) is 5.00. The van der Waals surface area contributed by atoms with E-state index in [-0.39, 0.29) is 11.2 Å². The molecule has 0 atom stereocenters. The largest absolute Gasteiger partial charge is 0.346 e. The number of halogens is 1. The summed E-state index contributed by atoms with van der Waals surface area (Å²) in [7, 11) is 1.83. The van der Waals surface area contributed by atoms with Gasteiger partial charge in [0.25, 0.3) is 0 Å². The molecule has 0 N–H and O–H groups in total. The number of rotatable bonds is 0. The van der Waals surface area contributed by atoms with Gasteiger partial charge in [-0.2, -0.15) is 0 Å². The van der Waals surface area contributed by atoms with Crippen LogP contribution in [0.5, 0.6) is 0 Å². The summed E-state index contributed by atoms with van der Waals surface area (Å²) in [5.41, 5.74) is 2.46. The van der Waals surface area contributed by atoms with Crippen molar-refractivity contribution in [3.05, 3.63) is 29.8 Å². The Morgan fingerprint density at radius 1 is 1.33 bits per heavy atom. The van der Waals surface area contributed by atoms with E-state index in [1.54, 1.807) is 10.8 Å². The molecule has 0 aliphatic rings. The molecule has 0 fully saturated rings. The highest BCUT2D eigenvalue weighted by Crippen LogP contribution is 2.25. The quantitative estimate of drug-likeness (QED) is 0.648. The molecule has 2 rings (SSSR count). The van der Waals surface area contributed by atoms with Crippen LogP contribution in [0.3, 0.4) is 0 Å². The average Bonchev–Trinajstić information content (AvgIpc) is 2.41. The van der Waals surface area contributed by atoms with Crippen LogP contribution in [0.4, 0.5) is 4.39 Å². The fourth-order valence-electron chi connectivity index (χ4n) is 1.62. The number of hydrogen-bond donors (Lipinski definition) is 0. The maximum Gasteiger partial charge on any atom is 0.167 e. The second kappa shape index (κ2) is 3.05. The second-order valence-electron chi connectivity index (χ2n) is 4.93. The molecule has 2 heterocycles. The number of fused-ring (bicyclic) bond motifs is 1. The lowest BCUT2D eigenvalue weighted by Gasteiger charge is -2.18. The zero-order valence-corrected chi connectivity index (χ0v) is 9.50. The summed E-state index contributed by atoms with van der Waals surface area (Å²) in [6, 6.07) is 2.01. The molecule has 2 aromatic heterocycles. The molecule has 0 spiro atoms. The standard InChI is InChI=1S/C12H15FN2/c1-12(2,3)8-5-10-11(14-6-8)9(13)7-15(10)4/h5-7H,1-4H3. The molecule has 15 heavy (non-hydrogen) atoms. The van der Waals surface area contributed by atoms with Crippen molar-refractivity contribution in [2.75, 3.05) is 0 Å². The van der Waals surface area contributed by atoms with Crippen molar-refractivity contribution < 1.29 is 4.39 Å². The molecule has 0 aromatic carbocycles. The molecule has 0 saturated heterocycles. The van der Waals surface area contributed by atoms with Crippen LogP contribution < -0.4 is 0 Å². The Bertz CT molecular complexity index is 506. The van der Waals surface area contributed by atoms with Crippen LogP contribution in [-0.2, 0) is 12.5 Å². The van der Waals surface area contributed by atoms with Crippen LogP contribution >= 0.6 is 0 Å². The van der Waals surface area contributed by atoms with Crippen LogP contribution in [-0.4, -0.2) is 9.55 Å². The summed E-state index contributed by atoms with van der Waals surface area (Å²) in [6.45, 7) is 6.36. The molecule has 0 radical (unpaired) electrons. The molecule has 2 aromatic rings. The van der Waals surface area contributed by atoms with Gasteiger partial charge in [-0.25, -0.2) is 4.39 Å². The van der Waals surface area contributed by atoms with E-state index in [2.05, 4.69) is 25.8 Å². The molecule has 2 nitrogen and oxygen atoms in total. The van der Waals surface area contributed by atoms with Crippen LogP contribution in [0.15, 0.2) is 18.5 Å². The van der Waals surface area contributed by atoms with Crippen molar-refractivity contribution in [3.63, 3.8) is 0 Å². The summed E-state index contributed by atoms with van der Waals surface area (Å²) in [5.74, 6) is -0.257. The Hall–Kier alpha value is -1.38. The topological polar surface area (TPSA) is 17.8 Å². The van der Waals surface area contributed by atoms with Crippen LogP contribution in [0.2, 0.25) is 0 Å². The van der Waals surface area contributed by atoms with E-state index in [4.69, 9.17) is 0 Å². The summed E-state index contributed by atoms with van der Waals surface area (Å²) in [6.07, 6.45) is 3.22. The first-order chi connectivity index (χ1) is 6.89. The Kier molecular flexibility index (Phi) is 2.07. The van der Waals surface area contributed by atoms with E-state index in [1.165, 1.54) is 6.20 Å². The van der Waals surface area contributed by atoms with Crippen LogP contribution in [0.1, 0.15) is 26.3 Å². The van der Waals surface area contributed by atoms with Gasteiger partial charge in [-0.05, 0) is 17.0 Å². The molecule has 3 heteroatoms. The smallest absolute Gasteiger partial charge is 0.167 e. The Balaban J connectivity index is 2.71. The van der Waals surface area contributed by atoms with Gasteiger partial charge in [0.15, 0.2) is 5.82 Å². The number of pyridine rings is 1. The van der Waals surface area contributed by atoms with Gasteiger partial charge in [-0.1, -0.05) is 20.8 Å². The highest BCUT2D eigenvalue weighted by molar-refractivity contribution is 5.77. The van der Waals surface area contributed by atoms with Gasteiger partial charge < -0.3 is 4.57 Å². The lowest BCUT2D eigenvalue weighted by Crippen LogP contribution is -2.11. The van der Waals surface area contributed by atoms with Crippen molar-refractivity contribution in [1.82, 2.24) is 9.55 Å². The Morgan fingerprint density at radius 2 is 2.00 bits per heavy atom. The van der Waals surface area contributed by atoms with Crippen molar-refractivity contribution in [1.29, 1.82) is 0 Å². The third-order valence-electron chi connectivity index (χ3n) is 2.65. The van der Waals surface area contributed by atoms with Crippen molar-refractivity contribution >= 4 is 11.0 Å². The molecule has 80 valence electrons. The average molecular weight is 206 g/mol. The minimum absolute atomic E-state index is 0.0436. The number of aryl methyl sites for hydroxylation is 1. The van der Waals surface area contributed by atoms with Gasteiger partial charge in [0.05, 0.1) is 5.52 Å². The van der Waals surface area contributed by atoms with Crippen molar-refractivity contribution in [2.24, 2.45) is 7.05 Å². The van der Waals surface area contributed by atoms with Gasteiger partial charge in [-0.15, -0.1) is 0 Å². The van der Waals surface area contributed by atoms with E-state index >= 15 is 0 Å². The predicted molar refractivity (Wildman–Crippen MR) is 59.4 cm³/mol. The van der Waals surface area contributed by atoms with E-state index in [0.29, 0.717) is 5.52 Å². The molecule has 0 amide bonds. The third-order valence-corrected chi connectivity index (χ3v) is 2.65. The maximum absolute atomic E-state index is 13.4. The van der Waals surface area contributed by atoms with E-state index in [1.807, 2.05) is 13.1 Å². The highest BCUT2D eigenvalue weighted by Gasteiger charge is 2.16.